The van der Waals surface area contributed by atoms with Gasteiger partial charge in [-0.25, -0.2) is 0 Å². The number of furan rings is 1. The van der Waals surface area contributed by atoms with Crippen LogP contribution in [0, 0.1) is 0 Å². The fraction of sp³-hybridized carbons (Fsp3) is 0. The lowest BCUT2D eigenvalue weighted by Gasteiger charge is -1.91. The van der Waals surface area contributed by atoms with Crippen LogP contribution in [0.25, 0.3) is 11.0 Å². The zero-order chi connectivity index (χ0) is 8.55. The van der Waals surface area contributed by atoms with Crippen LogP contribution < -0.4 is 11.2 Å². The molecule has 0 aliphatic rings. The molecule has 2 aromatic rings. The lowest BCUT2D eigenvalue weighted by molar-refractivity contribution is 0.615. The molecule has 1 heterocycles. The van der Waals surface area contributed by atoms with Gasteiger partial charge in [0.2, 0.25) is 0 Å². The minimum Gasteiger partial charge on any atom is -0.449 e. The number of rotatable bonds is 1. The van der Waals surface area contributed by atoms with Gasteiger partial charge in [0.05, 0.1) is 0 Å². The smallest absolute Gasteiger partial charge is 0.304 e. The Morgan fingerprint density at radius 3 is 2.92 bits per heavy atom. The summed E-state index contributed by atoms with van der Waals surface area (Å²) in [6, 6.07) is 7.21. The SMILES string of the molecule is Nc1cc2cc(BO)ccc2o1. The summed E-state index contributed by atoms with van der Waals surface area (Å²) in [5.41, 5.74) is 7.07. The maximum Gasteiger partial charge on any atom is 0.304 e. The average Bonchev–Trinajstić information content (AvgIpc) is 2.43. The molecule has 3 nitrogen and oxygen atoms in total. The highest BCUT2D eigenvalue weighted by molar-refractivity contribution is 6.45. The number of fused-ring (bicyclic) bond motifs is 1. The Hall–Kier alpha value is -1.42. The normalized spacial score (nSPS) is 10.4. The van der Waals surface area contributed by atoms with Gasteiger partial charge in [-0.3, -0.25) is 0 Å². The highest BCUT2D eigenvalue weighted by Gasteiger charge is 2.01. The molecular weight excluding hydrogens is 153 g/mol. The highest BCUT2D eigenvalue weighted by atomic mass is 16.3. The first-order valence-corrected chi connectivity index (χ1v) is 3.68. The monoisotopic (exact) mass is 161 g/mol. The van der Waals surface area contributed by atoms with Gasteiger partial charge in [-0.1, -0.05) is 17.6 Å². The van der Waals surface area contributed by atoms with Crippen LogP contribution in [0.2, 0.25) is 0 Å². The Balaban J connectivity index is 2.66. The number of hydrogen-bond acceptors (Lipinski definition) is 3. The number of hydrogen-bond donors (Lipinski definition) is 2. The van der Waals surface area contributed by atoms with E-state index in [1.54, 1.807) is 12.1 Å². The van der Waals surface area contributed by atoms with Crippen LogP contribution in [0.4, 0.5) is 5.88 Å². The number of benzene rings is 1. The largest absolute Gasteiger partial charge is 0.449 e. The molecule has 0 spiro atoms. The van der Waals surface area contributed by atoms with E-state index in [4.69, 9.17) is 15.2 Å². The highest BCUT2D eigenvalue weighted by Crippen LogP contribution is 2.18. The average molecular weight is 161 g/mol. The van der Waals surface area contributed by atoms with Crippen LogP contribution in [-0.2, 0) is 0 Å². The summed E-state index contributed by atoms with van der Waals surface area (Å²) in [6.45, 7) is 0. The van der Waals surface area contributed by atoms with Gasteiger partial charge in [0.15, 0.2) is 5.88 Å². The molecule has 0 amide bonds. The molecule has 60 valence electrons. The lowest BCUT2D eigenvalue weighted by Crippen LogP contribution is -2.11. The zero-order valence-electron chi connectivity index (χ0n) is 6.45. The molecule has 2 rings (SSSR count). The molecule has 0 saturated carbocycles. The van der Waals surface area contributed by atoms with E-state index in [1.165, 1.54) is 0 Å². The third-order valence-electron chi connectivity index (χ3n) is 1.78. The Morgan fingerprint density at radius 2 is 2.17 bits per heavy atom. The summed E-state index contributed by atoms with van der Waals surface area (Å²) in [5, 5.41) is 9.77. The van der Waals surface area contributed by atoms with E-state index in [2.05, 4.69) is 0 Å². The van der Waals surface area contributed by atoms with Gasteiger partial charge < -0.3 is 15.2 Å². The van der Waals surface area contributed by atoms with Crippen molar-refractivity contribution in [2.24, 2.45) is 0 Å². The fourth-order valence-corrected chi connectivity index (χ4v) is 1.21. The van der Waals surface area contributed by atoms with Crippen molar-refractivity contribution in [1.82, 2.24) is 0 Å². The summed E-state index contributed by atoms with van der Waals surface area (Å²) in [7, 11) is 0.0427. The van der Waals surface area contributed by atoms with Crippen molar-refractivity contribution in [1.29, 1.82) is 0 Å². The second-order valence-corrected chi connectivity index (χ2v) is 2.68. The summed E-state index contributed by atoms with van der Waals surface area (Å²) >= 11 is 0. The number of nitrogen functional groups attached to an aromatic ring is 1. The van der Waals surface area contributed by atoms with Crippen molar-refractivity contribution < 1.29 is 9.44 Å². The Kier molecular flexibility index (Phi) is 1.55. The van der Waals surface area contributed by atoms with Gasteiger partial charge in [0.25, 0.3) is 0 Å². The molecule has 0 radical (unpaired) electrons. The molecule has 3 N–H and O–H groups in total. The van der Waals surface area contributed by atoms with E-state index in [-0.39, 0.29) is 7.48 Å². The Bertz CT molecular complexity index is 410. The van der Waals surface area contributed by atoms with E-state index >= 15 is 0 Å². The van der Waals surface area contributed by atoms with Crippen LogP contribution in [-0.4, -0.2) is 12.5 Å². The van der Waals surface area contributed by atoms with Crippen LogP contribution >= 0.6 is 0 Å². The van der Waals surface area contributed by atoms with Crippen molar-refractivity contribution in [3.63, 3.8) is 0 Å². The molecule has 4 heteroatoms. The summed E-state index contributed by atoms with van der Waals surface area (Å²) in [5.74, 6) is 0.403. The Morgan fingerprint density at radius 1 is 1.33 bits per heavy atom. The molecule has 0 fully saturated rings. The minimum absolute atomic E-state index is 0.0427. The molecule has 0 aliphatic carbocycles. The second-order valence-electron chi connectivity index (χ2n) is 2.68. The quantitative estimate of drug-likeness (QED) is 0.578. The summed E-state index contributed by atoms with van der Waals surface area (Å²) in [4.78, 5) is 0. The molecule has 1 aromatic carbocycles. The molecule has 0 unspecified atom stereocenters. The standard InChI is InChI=1S/C8H8BNO2/c10-8-4-5-3-6(9-11)1-2-7(5)12-8/h1-4,9,11H,10H2. The predicted octanol–water partition coefficient (Wildman–Crippen LogP) is -0.0159. The van der Waals surface area contributed by atoms with Crippen molar-refractivity contribution in [2.45, 2.75) is 0 Å². The molecule has 0 bridgehead atoms. The van der Waals surface area contributed by atoms with E-state index < -0.39 is 0 Å². The molecule has 0 aliphatic heterocycles. The predicted molar refractivity (Wildman–Crippen MR) is 49.6 cm³/mol. The van der Waals surface area contributed by atoms with Gasteiger partial charge in [0, 0.05) is 11.5 Å². The number of nitrogens with two attached hydrogens (primary N) is 1. The molecular formula is C8H8BNO2. The first-order valence-electron chi connectivity index (χ1n) is 3.68. The maximum absolute atomic E-state index is 8.84. The molecule has 12 heavy (non-hydrogen) atoms. The van der Waals surface area contributed by atoms with E-state index in [9.17, 15) is 0 Å². The second kappa shape index (κ2) is 2.57. The topological polar surface area (TPSA) is 59.4 Å². The van der Waals surface area contributed by atoms with Crippen molar-refractivity contribution in [3.8, 4) is 0 Å². The number of anilines is 1. The van der Waals surface area contributed by atoms with Crippen LogP contribution in [0.15, 0.2) is 28.7 Å². The van der Waals surface area contributed by atoms with Gasteiger partial charge in [-0.15, -0.1) is 0 Å². The third kappa shape index (κ3) is 1.06. The molecule has 0 saturated heterocycles. The van der Waals surface area contributed by atoms with E-state index in [0.29, 0.717) is 5.88 Å². The van der Waals surface area contributed by atoms with Crippen LogP contribution in [0.1, 0.15) is 0 Å². The lowest BCUT2D eigenvalue weighted by atomic mass is 9.88. The first kappa shape index (κ1) is 7.25. The summed E-state index contributed by atoms with van der Waals surface area (Å²) < 4.78 is 5.16. The van der Waals surface area contributed by atoms with Gasteiger partial charge in [-0.2, -0.15) is 0 Å². The van der Waals surface area contributed by atoms with Gasteiger partial charge >= 0.3 is 7.48 Å². The van der Waals surface area contributed by atoms with Gasteiger partial charge in [0.1, 0.15) is 5.58 Å². The van der Waals surface area contributed by atoms with Crippen LogP contribution in [0.3, 0.4) is 0 Å². The first-order chi connectivity index (χ1) is 5.79. The fourth-order valence-electron chi connectivity index (χ4n) is 1.21. The van der Waals surface area contributed by atoms with Crippen LogP contribution in [0.5, 0.6) is 0 Å². The molecule has 0 atom stereocenters. The maximum atomic E-state index is 8.84. The van der Waals surface area contributed by atoms with Crippen molar-refractivity contribution >= 4 is 29.8 Å². The zero-order valence-corrected chi connectivity index (χ0v) is 6.45. The third-order valence-corrected chi connectivity index (χ3v) is 1.78. The minimum atomic E-state index is 0.0427. The molecule has 1 aromatic heterocycles. The van der Waals surface area contributed by atoms with Crippen molar-refractivity contribution in [2.75, 3.05) is 5.73 Å². The summed E-state index contributed by atoms with van der Waals surface area (Å²) in [6.07, 6.45) is 0. The Labute approximate surface area is 70.1 Å². The van der Waals surface area contributed by atoms with Crippen molar-refractivity contribution in [3.05, 3.63) is 24.3 Å². The van der Waals surface area contributed by atoms with E-state index in [0.717, 1.165) is 16.4 Å². The van der Waals surface area contributed by atoms with E-state index in [1.807, 2.05) is 12.1 Å². The van der Waals surface area contributed by atoms with Gasteiger partial charge in [-0.05, 0) is 6.07 Å².